The zero-order chi connectivity index (χ0) is 25.2. The van der Waals surface area contributed by atoms with Gasteiger partial charge in [-0.2, -0.15) is 4.39 Å². The molecule has 2 nitrogen and oxygen atoms in total. The lowest BCUT2D eigenvalue weighted by atomic mass is 10.0. The molecule has 0 aromatic heterocycles. The largest absolute Gasteiger partial charge is 0.486 e. The zero-order valence-electron chi connectivity index (χ0n) is 19.7. The molecular weight excluding hydrogens is 468 g/mol. The van der Waals surface area contributed by atoms with Crippen LogP contribution in [0.4, 0.5) is 17.6 Å². The van der Waals surface area contributed by atoms with Crippen molar-refractivity contribution in [2.24, 2.45) is 0 Å². The van der Waals surface area contributed by atoms with Crippen LogP contribution in [0.1, 0.15) is 36.1 Å². The molecule has 1 heterocycles. The highest BCUT2D eigenvalue weighted by Crippen LogP contribution is 2.36. The van der Waals surface area contributed by atoms with Gasteiger partial charge in [-0.25, -0.2) is 13.2 Å². The van der Waals surface area contributed by atoms with Crippen LogP contribution < -0.4 is 4.74 Å². The molecular formula is C30H24F4O2. The first-order chi connectivity index (χ1) is 17.5. The van der Waals surface area contributed by atoms with E-state index in [-0.39, 0.29) is 35.2 Å². The van der Waals surface area contributed by atoms with Crippen LogP contribution in [0.5, 0.6) is 5.75 Å². The van der Waals surface area contributed by atoms with Crippen LogP contribution in [0.15, 0.2) is 72.8 Å². The van der Waals surface area contributed by atoms with Crippen LogP contribution >= 0.6 is 0 Å². The summed E-state index contributed by atoms with van der Waals surface area (Å²) in [6.45, 7) is 2.46. The smallest absolute Gasteiger partial charge is 0.201 e. The normalized spacial score (nSPS) is 14.6. The topological polar surface area (TPSA) is 21.8 Å². The van der Waals surface area contributed by atoms with Gasteiger partial charge in [-0.05, 0) is 40.8 Å². The molecule has 6 heteroatoms. The van der Waals surface area contributed by atoms with E-state index in [1.807, 2.05) is 12.1 Å². The van der Waals surface area contributed by atoms with Gasteiger partial charge in [0.25, 0.3) is 0 Å². The molecule has 1 aliphatic rings. The van der Waals surface area contributed by atoms with Gasteiger partial charge in [0.15, 0.2) is 23.2 Å². The molecule has 0 aliphatic carbocycles. The van der Waals surface area contributed by atoms with Crippen LogP contribution in [0.25, 0.3) is 22.3 Å². The Morgan fingerprint density at radius 3 is 1.83 bits per heavy atom. The van der Waals surface area contributed by atoms with Gasteiger partial charge >= 0.3 is 0 Å². The highest BCUT2D eigenvalue weighted by atomic mass is 19.2. The van der Waals surface area contributed by atoms with Gasteiger partial charge in [0.1, 0.15) is 12.7 Å². The molecule has 4 aromatic carbocycles. The van der Waals surface area contributed by atoms with Crippen molar-refractivity contribution in [2.45, 2.75) is 32.5 Å². The quantitative estimate of drug-likeness (QED) is 0.183. The summed E-state index contributed by atoms with van der Waals surface area (Å²) < 4.78 is 69.0. The number of hydrogen-bond donors (Lipinski definition) is 0. The number of benzene rings is 4. The van der Waals surface area contributed by atoms with Crippen molar-refractivity contribution in [3.63, 3.8) is 0 Å². The fourth-order valence-electron chi connectivity index (χ4n) is 4.21. The van der Waals surface area contributed by atoms with Gasteiger partial charge < -0.3 is 9.47 Å². The van der Waals surface area contributed by atoms with E-state index in [0.717, 1.165) is 18.4 Å². The summed E-state index contributed by atoms with van der Waals surface area (Å²) in [5.41, 5.74) is 3.41. The Kier molecular flexibility index (Phi) is 6.79. The fraction of sp³-hybridized carbons (Fsp3) is 0.200. The van der Waals surface area contributed by atoms with E-state index in [4.69, 9.17) is 9.47 Å². The molecule has 0 radical (unpaired) electrons. The van der Waals surface area contributed by atoms with Crippen LogP contribution in [-0.2, 0) is 17.8 Å². The first kappa shape index (κ1) is 24.1. The Bertz CT molecular complexity index is 1380. The van der Waals surface area contributed by atoms with E-state index in [1.54, 1.807) is 36.4 Å². The van der Waals surface area contributed by atoms with E-state index in [9.17, 15) is 17.6 Å². The van der Waals surface area contributed by atoms with Crippen molar-refractivity contribution in [2.75, 3.05) is 6.61 Å². The summed E-state index contributed by atoms with van der Waals surface area (Å²) >= 11 is 0. The van der Waals surface area contributed by atoms with Gasteiger partial charge in [-0.15, -0.1) is 0 Å². The number of ether oxygens (including phenoxy) is 2. The second-order valence-corrected chi connectivity index (χ2v) is 8.82. The van der Waals surface area contributed by atoms with Crippen LogP contribution in [-0.4, -0.2) is 6.61 Å². The molecule has 1 saturated heterocycles. The predicted molar refractivity (Wildman–Crippen MR) is 131 cm³/mol. The van der Waals surface area contributed by atoms with Crippen molar-refractivity contribution in [3.8, 4) is 28.0 Å². The monoisotopic (exact) mass is 492 g/mol. The molecule has 0 N–H and O–H groups in total. The molecule has 1 atom stereocenters. The van der Waals surface area contributed by atoms with Crippen LogP contribution in [0.2, 0.25) is 0 Å². The van der Waals surface area contributed by atoms with E-state index in [2.05, 4.69) is 6.92 Å². The third kappa shape index (κ3) is 4.86. The van der Waals surface area contributed by atoms with Gasteiger partial charge in [-0.1, -0.05) is 74.0 Å². The molecule has 1 unspecified atom stereocenters. The minimum atomic E-state index is -1.06. The number of aryl methyl sites for hydroxylation is 1. The standard InChI is InChI=1S/C30H24F4O2/c1-2-3-18-4-8-20(9-5-18)23-14-15-25(30(34)28(23)32)35-16-19-6-10-21(11-7-19)22-12-13-24(26-17-36-26)29(33)27(22)31/h4-15,26H,2-3,16-17H2,1H3. The lowest BCUT2D eigenvalue weighted by Gasteiger charge is -2.12. The Hall–Kier alpha value is -3.64. The Balaban J connectivity index is 1.28. The zero-order valence-corrected chi connectivity index (χ0v) is 19.7. The highest BCUT2D eigenvalue weighted by Gasteiger charge is 2.30. The highest BCUT2D eigenvalue weighted by molar-refractivity contribution is 5.66. The van der Waals surface area contributed by atoms with Crippen molar-refractivity contribution in [1.29, 1.82) is 0 Å². The summed E-state index contributed by atoms with van der Waals surface area (Å²) in [6.07, 6.45) is 1.56. The second-order valence-electron chi connectivity index (χ2n) is 8.82. The fourth-order valence-corrected chi connectivity index (χ4v) is 4.21. The number of rotatable bonds is 8. The average molecular weight is 493 g/mol. The van der Waals surface area contributed by atoms with E-state index >= 15 is 0 Å². The molecule has 0 bridgehead atoms. The predicted octanol–water partition coefficient (Wildman–Crippen LogP) is 8.18. The molecule has 4 aromatic rings. The Labute approximate surface area is 207 Å². The molecule has 36 heavy (non-hydrogen) atoms. The molecule has 0 amide bonds. The minimum absolute atomic E-state index is 0.0174. The summed E-state index contributed by atoms with van der Waals surface area (Å²) in [6, 6.07) is 20.0. The second kappa shape index (κ2) is 10.2. The van der Waals surface area contributed by atoms with Crippen molar-refractivity contribution < 1.29 is 27.0 Å². The third-order valence-corrected chi connectivity index (χ3v) is 6.30. The Morgan fingerprint density at radius 2 is 1.25 bits per heavy atom. The Morgan fingerprint density at radius 1 is 0.694 bits per heavy atom. The number of hydrogen-bond acceptors (Lipinski definition) is 2. The van der Waals surface area contributed by atoms with Crippen molar-refractivity contribution in [1.82, 2.24) is 0 Å². The first-order valence-corrected chi connectivity index (χ1v) is 11.8. The molecule has 5 rings (SSSR count). The SMILES string of the molecule is CCCc1ccc(-c2ccc(OCc3ccc(-c4ccc(C5CO5)c(F)c4F)cc3)c(F)c2F)cc1. The van der Waals surface area contributed by atoms with Crippen molar-refractivity contribution >= 4 is 0 Å². The maximum Gasteiger partial charge on any atom is 0.201 e. The van der Waals surface area contributed by atoms with Crippen LogP contribution in [0.3, 0.4) is 0 Å². The first-order valence-electron chi connectivity index (χ1n) is 11.8. The van der Waals surface area contributed by atoms with E-state index < -0.39 is 23.3 Å². The number of epoxide rings is 1. The van der Waals surface area contributed by atoms with Gasteiger partial charge in [0.2, 0.25) is 5.82 Å². The van der Waals surface area contributed by atoms with Gasteiger partial charge in [-0.3, -0.25) is 0 Å². The summed E-state index contributed by atoms with van der Waals surface area (Å²) in [5.74, 6) is -4.05. The van der Waals surface area contributed by atoms with E-state index in [0.29, 0.717) is 23.3 Å². The van der Waals surface area contributed by atoms with Gasteiger partial charge in [0.05, 0.1) is 6.61 Å². The maximum absolute atomic E-state index is 14.8. The summed E-state index contributed by atoms with van der Waals surface area (Å²) in [5, 5.41) is 0. The van der Waals surface area contributed by atoms with Crippen LogP contribution in [0, 0.1) is 23.3 Å². The summed E-state index contributed by atoms with van der Waals surface area (Å²) in [4.78, 5) is 0. The maximum atomic E-state index is 14.8. The molecule has 0 spiro atoms. The lowest BCUT2D eigenvalue weighted by molar-refractivity contribution is 0.285. The van der Waals surface area contributed by atoms with Gasteiger partial charge in [0, 0.05) is 16.7 Å². The third-order valence-electron chi connectivity index (χ3n) is 6.30. The minimum Gasteiger partial charge on any atom is -0.486 e. The molecule has 1 fully saturated rings. The number of halogens is 4. The molecule has 184 valence electrons. The van der Waals surface area contributed by atoms with Crippen molar-refractivity contribution in [3.05, 3.63) is 113 Å². The summed E-state index contributed by atoms with van der Waals surface area (Å²) in [7, 11) is 0. The molecule has 0 saturated carbocycles. The average Bonchev–Trinajstić information content (AvgIpc) is 3.73. The molecule has 1 aliphatic heterocycles. The van der Waals surface area contributed by atoms with E-state index in [1.165, 1.54) is 24.3 Å². The lowest BCUT2D eigenvalue weighted by Crippen LogP contribution is -2.01.